The summed E-state index contributed by atoms with van der Waals surface area (Å²) in [6.45, 7) is 5.55. The second-order valence-electron chi connectivity index (χ2n) is 13.3. The van der Waals surface area contributed by atoms with Crippen LogP contribution in [0.3, 0.4) is 0 Å². The maximum atomic E-state index is 6.30. The van der Waals surface area contributed by atoms with Gasteiger partial charge >= 0.3 is 0 Å². The van der Waals surface area contributed by atoms with Gasteiger partial charge in [-0.05, 0) is 73.2 Å². The Hall–Kier alpha value is -2.60. The Morgan fingerprint density at radius 3 is 1.56 bits per heavy atom. The molecule has 10 heteroatoms. The molecule has 0 N–H and O–H groups in total. The third-order valence-corrected chi connectivity index (χ3v) is 15.2. The number of allylic oxidation sites excluding steroid dienone is 6. The number of thioether (sulfide) groups is 2. The first-order valence-electron chi connectivity index (χ1n) is 17.8. The number of nitrogens with zero attached hydrogens (tertiary/aromatic N) is 4. The Morgan fingerprint density at radius 2 is 1.12 bits per heavy atom. The van der Waals surface area contributed by atoms with Gasteiger partial charge in [-0.15, -0.1) is 0 Å². The van der Waals surface area contributed by atoms with Crippen molar-refractivity contribution in [3.05, 3.63) is 117 Å². The van der Waals surface area contributed by atoms with Crippen LogP contribution in [0.25, 0.3) is 12.2 Å². The van der Waals surface area contributed by atoms with E-state index in [0.29, 0.717) is 0 Å². The van der Waals surface area contributed by atoms with Gasteiger partial charge in [-0.2, -0.15) is 0 Å². The molecule has 262 valence electrons. The number of hydrogen-bond acceptors (Lipinski definition) is 10. The Bertz CT molecular complexity index is 1610. The van der Waals surface area contributed by atoms with E-state index in [1.807, 2.05) is 45.1 Å². The second-order valence-corrected chi connectivity index (χ2v) is 18.5. The molecular formula is C40H46N4O2S4. The highest BCUT2D eigenvalue weighted by Crippen LogP contribution is 2.54. The van der Waals surface area contributed by atoms with Gasteiger partial charge in [-0.3, -0.25) is 0 Å². The van der Waals surface area contributed by atoms with Crippen molar-refractivity contribution < 1.29 is 9.47 Å². The molecule has 6 nitrogen and oxygen atoms in total. The Morgan fingerprint density at radius 1 is 0.680 bits per heavy atom. The highest BCUT2D eigenvalue weighted by Gasteiger charge is 2.49. The number of benzene rings is 2. The minimum atomic E-state index is -0.376. The summed E-state index contributed by atoms with van der Waals surface area (Å²) in [6, 6.07) is 17.8. The van der Waals surface area contributed by atoms with Crippen LogP contribution in [0, 0.1) is 0 Å². The number of hydrogen-bond donors (Lipinski definition) is 0. The monoisotopic (exact) mass is 742 g/mol. The van der Waals surface area contributed by atoms with Crippen LogP contribution < -0.4 is 9.80 Å². The minimum absolute atomic E-state index is 0.376. The first kappa shape index (κ1) is 34.5. The van der Waals surface area contributed by atoms with Gasteiger partial charge in [0.1, 0.15) is 0 Å². The van der Waals surface area contributed by atoms with Crippen LogP contribution in [0.15, 0.2) is 106 Å². The first-order chi connectivity index (χ1) is 24.5. The SMILES string of the molecule is CN(CCSSCCN(C)c1ccc(/C=C/C23OCCN2C2=C(C=CCC2)S3)cc1)c1ccc(/C=C/C23OCCN2C2=C(C=CCC2)S3)cc1. The fraction of sp³-hybridized carbons (Fsp3) is 0.400. The number of ether oxygens (including phenoxy) is 2. The topological polar surface area (TPSA) is 31.4 Å². The normalized spacial score (nSPS) is 25.3. The first-order valence-corrected chi connectivity index (χ1v) is 21.9. The predicted molar refractivity (Wildman–Crippen MR) is 219 cm³/mol. The summed E-state index contributed by atoms with van der Waals surface area (Å²) in [5.41, 5.74) is 7.83. The van der Waals surface area contributed by atoms with Crippen LogP contribution in [-0.4, -0.2) is 84.9 Å². The molecule has 2 fully saturated rings. The lowest BCUT2D eigenvalue weighted by Gasteiger charge is -2.30. The molecule has 4 heterocycles. The zero-order valence-corrected chi connectivity index (χ0v) is 32.2. The summed E-state index contributed by atoms with van der Waals surface area (Å²) < 4.78 is 12.6. The molecule has 2 atom stereocenters. The van der Waals surface area contributed by atoms with Crippen molar-refractivity contribution in [3.8, 4) is 0 Å². The molecule has 2 aromatic carbocycles. The lowest BCUT2D eigenvalue weighted by Crippen LogP contribution is -2.35. The van der Waals surface area contributed by atoms with Crippen molar-refractivity contribution in [2.45, 2.75) is 35.8 Å². The van der Waals surface area contributed by atoms with Gasteiger partial charge in [0.05, 0.1) is 13.2 Å². The molecule has 8 rings (SSSR count). The summed E-state index contributed by atoms with van der Waals surface area (Å²) in [6.07, 6.45) is 22.6. The average Bonchev–Trinajstić information content (AvgIpc) is 3.90. The Balaban J connectivity index is 0.744. The molecule has 2 unspecified atom stereocenters. The van der Waals surface area contributed by atoms with E-state index >= 15 is 0 Å². The van der Waals surface area contributed by atoms with E-state index in [1.165, 1.54) is 43.7 Å². The fourth-order valence-electron chi connectivity index (χ4n) is 7.30. The fourth-order valence-corrected chi connectivity index (χ4v) is 12.2. The third kappa shape index (κ3) is 7.08. The van der Waals surface area contributed by atoms with Gasteiger partial charge in [-0.25, -0.2) is 0 Å². The van der Waals surface area contributed by atoms with Crippen molar-refractivity contribution in [2.24, 2.45) is 0 Å². The van der Waals surface area contributed by atoms with E-state index in [1.54, 1.807) is 0 Å². The van der Waals surface area contributed by atoms with Gasteiger partial charge in [0.15, 0.2) is 0 Å². The van der Waals surface area contributed by atoms with E-state index in [0.717, 1.165) is 76.6 Å². The predicted octanol–water partition coefficient (Wildman–Crippen LogP) is 9.26. The molecule has 0 bridgehead atoms. The number of rotatable bonds is 13. The molecule has 0 aromatic heterocycles. The van der Waals surface area contributed by atoms with E-state index in [4.69, 9.17) is 9.47 Å². The largest absolute Gasteiger partial charge is 0.374 e. The number of anilines is 2. The summed E-state index contributed by atoms with van der Waals surface area (Å²) >= 11 is 3.70. The third-order valence-electron chi connectivity index (χ3n) is 10.1. The molecule has 0 spiro atoms. The molecule has 0 saturated carbocycles. The van der Waals surface area contributed by atoms with Crippen LogP contribution in [-0.2, 0) is 9.47 Å². The maximum absolute atomic E-state index is 6.30. The highest BCUT2D eigenvalue weighted by molar-refractivity contribution is 8.76. The van der Waals surface area contributed by atoms with Crippen LogP contribution in [0.1, 0.15) is 36.8 Å². The van der Waals surface area contributed by atoms with Crippen LogP contribution in [0.2, 0.25) is 0 Å². The van der Waals surface area contributed by atoms with Crippen molar-refractivity contribution in [3.63, 3.8) is 0 Å². The van der Waals surface area contributed by atoms with Crippen molar-refractivity contribution in [2.75, 3.05) is 74.8 Å². The standard InChI is InChI=1S/C40H46N4O2S4/c1-41(33-15-11-31(12-16-33)19-21-39-43(23-27-45-39)35-7-3-5-9-37(35)49-39)25-29-47-48-30-26-42(2)34-17-13-32(14-18-34)20-22-40-44(24-28-46-40)36-8-4-6-10-38(36)50-40/h5-6,9-22H,3-4,7-8,23-30H2,1-2H3/b21-19+,22-20+. The van der Waals surface area contributed by atoms with E-state index in [2.05, 4.69) is 131 Å². The highest BCUT2D eigenvalue weighted by atomic mass is 33.1. The Kier molecular flexibility index (Phi) is 10.5. The van der Waals surface area contributed by atoms with E-state index in [-0.39, 0.29) is 10.1 Å². The van der Waals surface area contributed by atoms with E-state index in [9.17, 15) is 0 Å². The zero-order valence-electron chi connectivity index (χ0n) is 29.0. The summed E-state index contributed by atoms with van der Waals surface area (Å²) in [4.78, 5) is 12.4. The molecule has 2 aliphatic carbocycles. The van der Waals surface area contributed by atoms with Crippen LogP contribution >= 0.6 is 45.1 Å². The molecule has 0 amide bonds. The van der Waals surface area contributed by atoms with Gasteiger partial charge in [-0.1, -0.05) is 106 Å². The Labute approximate surface area is 314 Å². The number of fused-ring (bicyclic) bond motifs is 4. The molecule has 2 aromatic rings. The quantitative estimate of drug-likeness (QED) is 0.146. The molecule has 2 saturated heterocycles. The molecule has 50 heavy (non-hydrogen) atoms. The van der Waals surface area contributed by atoms with Gasteiger partial charge in [0.25, 0.3) is 0 Å². The van der Waals surface area contributed by atoms with Crippen LogP contribution in [0.4, 0.5) is 11.4 Å². The second kappa shape index (κ2) is 15.2. The van der Waals surface area contributed by atoms with E-state index < -0.39 is 0 Å². The van der Waals surface area contributed by atoms with Crippen molar-refractivity contribution in [1.29, 1.82) is 0 Å². The minimum Gasteiger partial charge on any atom is -0.374 e. The zero-order chi connectivity index (χ0) is 34.0. The summed E-state index contributed by atoms with van der Waals surface area (Å²) in [5, 5.41) is -0.753. The lowest BCUT2D eigenvalue weighted by molar-refractivity contribution is 0.0609. The van der Waals surface area contributed by atoms with Crippen molar-refractivity contribution >= 4 is 68.6 Å². The van der Waals surface area contributed by atoms with Crippen molar-refractivity contribution in [1.82, 2.24) is 9.80 Å². The van der Waals surface area contributed by atoms with Crippen LogP contribution in [0.5, 0.6) is 0 Å². The smallest absolute Gasteiger partial charge is 0.214 e. The molecule has 6 aliphatic rings. The lowest BCUT2D eigenvalue weighted by atomic mass is 10.1. The summed E-state index contributed by atoms with van der Waals surface area (Å²) in [7, 11) is 8.31. The summed E-state index contributed by atoms with van der Waals surface area (Å²) in [5.74, 6) is 2.17. The van der Waals surface area contributed by atoms with Gasteiger partial charge in [0.2, 0.25) is 10.1 Å². The van der Waals surface area contributed by atoms with Gasteiger partial charge in [0, 0.05) is 84.4 Å². The van der Waals surface area contributed by atoms with Gasteiger partial charge < -0.3 is 29.1 Å². The molecular weight excluding hydrogens is 697 g/mol. The molecule has 4 aliphatic heterocycles. The maximum Gasteiger partial charge on any atom is 0.214 e. The molecule has 0 radical (unpaired) electrons. The average molecular weight is 743 g/mol.